The summed E-state index contributed by atoms with van der Waals surface area (Å²) in [5.74, 6) is 0. The Balaban J connectivity index is -0.0000000200. The Morgan fingerprint density at radius 1 is 1.60 bits per heavy atom. The van der Waals surface area contributed by atoms with Crippen molar-refractivity contribution in [1.82, 2.24) is 0 Å². The van der Waals surface area contributed by atoms with Gasteiger partial charge in [0.1, 0.15) is 0 Å². The van der Waals surface area contributed by atoms with Gasteiger partial charge in [0, 0.05) is 0 Å². The molecule has 1 N–H and O–H groups in total. The molecular formula is C2H5BrMgO. The molecule has 0 aromatic heterocycles. The quantitative estimate of drug-likeness (QED) is 0.279. The van der Waals surface area contributed by atoms with Gasteiger partial charge in [0.15, 0.2) is 0 Å². The number of hydrogen-bond acceptors (Lipinski definition) is 1. The zero-order valence-corrected chi connectivity index (χ0v) is 5.95. The van der Waals surface area contributed by atoms with Gasteiger partial charge in [0.2, 0.25) is 0 Å². The van der Waals surface area contributed by atoms with Crippen molar-refractivity contribution in [2.45, 2.75) is 0 Å². The van der Waals surface area contributed by atoms with E-state index >= 15 is 0 Å². The van der Waals surface area contributed by atoms with Crippen LogP contribution in [0.4, 0.5) is 0 Å². The molecule has 0 atom stereocenters. The molecular weight excluding hydrogens is 144 g/mol. The van der Waals surface area contributed by atoms with Crippen molar-refractivity contribution >= 4 is 23.1 Å². The molecule has 0 radical (unpaired) electrons. The van der Waals surface area contributed by atoms with Gasteiger partial charge in [0.05, 0.1) is 0 Å². The molecule has 28 valence electrons. The summed E-state index contributed by atoms with van der Waals surface area (Å²) >= 11 is 0. The van der Waals surface area contributed by atoms with Crippen molar-refractivity contribution in [2.75, 3.05) is 6.61 Å². The van der Waals surface area contributed by atoms with Crippen LogP contribution in [0.25, 0.3) is 0 Å². The van der Waals surface area contributed by atoms with Crippen LogP contribution >= 0.6 is 0 Å². The average Bonchev–Trinajstić information content (AvgIpc) is 0.918. The van der Waals surface area contributed by atoms with Gasteiger partial charge in [0.25, 0.3) is 0 Å². The molecule has 0 aliphatic rings. The fraction of sp³-hybridized carbons (Fsp3) is 0.500. The molecule has 0 bridgehead atoms. The smallest absolute Gasteiger partial charge is 1.00 e. The summed E-state index contributed by atoms with van der Waals surface area (Å²) in [5, 5.41) is 7.46. The van der Waals surface area contributed by atoms with Gasteiger partial charge >= 0.3 is 23.1 Å². The van der Waals surface area contributed by atoms with E-state index in [0.717, 1.165) is 0 Å². The van der Waals surface area contributed by atoms with Crippen LogP contribution in [-0.4, -0.2) is 34.8 Å². The fourth-order valence-electron chi connectivity index (χ4n) is 0. The summed E-state index contributed by atoms with van der Waals surface area (Å²) < 4.78 is 0. The molecule has 0 rings (SSSR count). The summed E-state index contributed by atoms with van der Waals surface area (Å²) in [7, 11) is 0. The second-order valence-electron chi connectivity index (χ2n) is 0.224. The van der Waals surface area contributed by atoms with Gasteiger partial charge in [-0.05, 0) is 0 Å². The largest absolute Gasteiger partial charge is 2.00 e. The average molecular weight is 149 g/mol. The van der Waals surface area contributed by atoms with E-state index in [-0.39, 0.29) is 46.6 Å². The number of aliphatic hydroxyl groups is 1. The van der Waals surface area contributed by atoms with Gasteiger partial charge in [-0.2, -0.15) is 0 Å². The van der Waals surface area contributed by atoms with Crippen molar-refractivity contribution < 1.29 is 22.1 Å². The van der Waals surface area contributed by atoms with Crippen molar-refractivity contribution in [2.24, 2.45) is 0 Å². The van der Waals surface area contributed by atoms with Crippen molar-refractivity contribution in [1.29, 1.82) is 0 Å². The Morgan fingerprint density at radius 3 is 1.60 bits per heavy atom. The third-order valence-electron chi connectivity index (χ3n) is 0. The molecule has 3 heteroatoms. The Bertz CT molecular complexity index is 9.61. The molecule has 0 unspecified atom stereocenters. The van der Waals surface area contributed by atoms with Crippen molar-refractivity contribution in [3.63, 3.8) is 0 Å². The molecule has 0 fully saturated rings. The summed E-state index contributed by atoms with van der Waals surface area (Å²) in [6, 6.07) is 0. The number of rotatable bonds is 0. The topological polar surface area (TPSA) is 20.2 Å². The SMILES string of the molecule is [Br-].[CH2-]CO.[Mg+2]. The van der Waals surface area contributed by atoms with Gasteiger partial charge in [-0.25, -0.2) is 0 Å². The van der Waals surface area contributed by atoms with Gasteiger partial charge in [-0.1, -0.05) is 6.61 Å². The number of hydrogen-bond donors (Lipinski definition) is 1. The van der Waals surface area contributed by atoms with Crippen LogP contribution in [0.1, 0.15) is 0 Å². The molecule has 0 saturated heterocycles. The van der Waals surface area contributed by atoms with Crippen molar-refractivity contribution in [3.8, 4) is 0 Å². The first-order valence-electron chi connectivity index (χ1n) is 0.816. The van der Waals surface area contributed by atoms with Crippen LogP contribution in [0.3, 0.4) is 0 Å². The second kappa shape index (κ2) is 18.9. The van der Waals surface area contributed by atoms with E-state index in [1.165, 1.54) is 0 Å². The van der Waals surface area contributed by atoms with Crippen LogP contribution in [-0.2, 0) is 0 Å². The monoisotopic (exact) mass is 148 g/mol. The molecule has 0 aromatic rings. The Hall–Kier alpha value is 1.21. The Labute approximate surface area is 58.7 Å². The predicted molar refractivity (Wildman–Crippen MR) is 18.2 cm³/mol. The fourth-order valence-corrected chi connectivity index (χ4v) is 0. The van der Waals surface area contributed by atoms with E-state index in [1.54, 1.807) is 0 Å². The van der Waals surface area contributed by atoms with Crippen LogP contribution in [0.2, 0.25) is 0 Å². The number of aliphatic hydroxyl groups excluding tert-OH is 1. The molecule has 1 nitrogen and oxygen atoms in total. The first kappa shape index (κ1) is 16.4. The molecule has 0 aliphatic carbocycles. The summed E-state index contributed by atoms with van der Waals surface area (Å²) in [6.07, 6.45) is 0. The Kier molecular flexibility index (Phi) is 61.9. The van der Waals surface area contributed by atoms with Gasteiger partial charge in [-0.15, -0.1) is 0 Å². The maximum atomic E-state index is 7.46. The first-order valence-corrected chi connectivity index (χ1v) is 0.816. The van der Waals surface area contributed by atoms with E-state index in [4.69, 9.17) is 5.11 Å². The molecule has 0 aromatic carbocycles. The minimum atomic E-state index is 0. The minimum Gasteiger partial charge on any atom is -1.00 e. The van der Waals surface area contributed by atoms with E-state index in [1.807, 2.05) is 0 Å². The van der Waals surface area contributed by atoms with E-state index < -0.39 is 0 Å². The normalized spacial score (nSPS) is 3.60. The Morgan fingerprint density at radius 2 is 1.60 bits per heavy atom. The second-order valence-corrected chi connectivity index (χ2v) is 0.224. The maximum absolute atomic E-state index is 7.46. The molecule has 0 aliphatic heterocycles. The molecule has 0 amide bonds. The molecule has 0 spiro atoms. The van der Waals surface area contributed by atoms with Crippen LogP contribution < -0.4 is 17.0 Å². The van der Waals surface area contributed by atoms with E-state index in [2.05, 4.69) is 6.92 Å². The van der Waals surface area contributed by atoms with Crippen LogP contribution in [0.15, 0.2) is 0 Å². The molecule has 5 heavy (non-hydrogen) atoms. The summed E-state index contributed by atoms with van der Waals surface area (Å²) in [6.45, 7) is 3.04. The van der Waals surface area contributed by atoms with Gasteiger partial charge < -0.3 is 29.0 Å². The maximum Gasteiger partial charge on any atom is 2.00 e. The standard InChI is InChI=1S/C2H5O.BrH.Mg/c1-2-3;;/h3H,1-2H2;1H;/q-1;;+2/p-1. The zero-order valence-electron chi connectivity index (χ0n) is 2.95. The van der Waals surface area contributed by atoms with Crippen LogP contribution in [0, 0.1) is 6.92 Å². The zero-order chi connectivity index (χ0) is 2.71. The molecule has 0 saturated carbocycles. The van der Waals surface area contributed by atoms with Crippen LogP contribution in [0.5, 0.6) is 0 Å². The molecule has 0 heterocycles. The minimum absolute atomic E-state index is 0. The third-order valence-corrected chi connectivity index (χ3v) is 0. The predicted octanol–water partition coefficient (Wildman–Crippen LogP) is -3.56. The first-order chi connectivity index (χ1) is 1.41. The summed E-state index contributed by atoms with van der Waals surface area (Å²) in [4.78, 5) is 0. The third kappa shape index (κ3) is 36.8. The van der Waals surface area contributed by atoms with Crippen molar-refractivity contribution in [3.05, 3.63) is 6.92 Å². The summed E-state index contributed by atoms with van der Waals surface area (Å²) in [5.41, 5.74) is 0. The van der Waals surface area contributed by atoms with E-state index in [9.17, 15) is 0 Å². The number of halogens is 1. The van der Waals surface area contributed by atoms with Gasteiger partial charge in [-0.3, -0.25) is 0 Å². The van der Waals surface area contributed by atoms with E-state index in [0.29, 0.717) is 0 Å².